The fraction of sp³-hybridized carbons (Fsp3) is 1.00. The van der Waals surface area contributed by atoms with E-state index in [0.29, 0.717) is 11.4 Å². The first kappa shape index (κ1) is 12.1. The summed E-state index contributed by atoms with van der Waals surface area (Å²) in [5.41, 5.74) is 0. The molecule has 0 amide bonds. The lowest BCUT2D eigenvalue weighted by Crippen LogP contribution is -2.25. The molecule has 0 aromatic carbocycles. The summed E-state index contributed by atoms with van der Waals surface area (Å²) in [6, 6.07) is 0. The zero-order valence-electron chi connectivity index (χ0n) is 7.74. The van der Waals surface area contributed by atoms with Crippen LogP contribution in [0.3, 0.4) is 0 Å². The SMILES string of the molecule is ClC1(COC2SCCS2)SCCCS1. The third-order valence-corrected chi connectivity index (χ3v) is 8.23. The van der Waals surface area contributed by atoms with E-state index in [9.17, 15) is 0 Å². The molecule has 0 aliphatic carbocycles. The van der Waals surface area contributed by atoms with Crippen molar-refractivity contribution < 1.29 is 4.74 Å². The van der Waals surface area contributed by atoms with Crippen molar-refractivity contribution in [3.05, 3.63) is 0 Å². The van der Waals surface area contributed by atoms with E-state index in [1.807, 2.05) is 47.0 Å². The highest BCUT2D eigenvalue weighted by Gasteiger charge is 2.33. The lowest BCUT2D eigenvalue weighted by molar-refractivity contribution is 0.172. The van der Waals surface area contributed by atoms with E-state index in [1.165, 1.54) is 29.4 Å². The van der Waals surface area contributed by atoms with E-state index in [0.717, 1.165) is 0 Å². The number of thioether (sulfide) groups is 4. The van der Waals surface area contributed by atoms with E-state index in [1.54, 1.807) is 0 Å². The summed E-state index contributed by atoms with van der Waals surface area (Å²) >= 11 is 13.9. The van der Waals surface area contributed by atoms with Gasteiger partial charge in [-0.1, -0.05) is 11.6 Å². The number of halogens is 1. The molecule has 82 valence electrons. The Balaban J connectivity index is 1.72. The van der Waals surface area contributed by atoms with Gasteiger partial charge in [0.1, 0.15) is 4.77 Å². The highest BCUT2D eigenvalue weighted by molar-refractivity contribution is 8.20. The Morgan fingerprint density at radius 1 is 1.14 bits per heavy atom. The Bertz CT molecular complexity index is 180. The monoisotopic (exact) mass is 288 g/mol. The summed E-state index contributed by atoms with van der Waals surface area (Å²) in [7, 11) is 0. The quantitative estimate of drug-likeness (QED) is 0.733. The van der Waals surface area contributed by atoms with Gasteiger partial charge in [-0.2, -0.15) is 0 Å². The van der Waals surface area contributed by atoms with Crippen LogP contribution >= 0.6 is 58.6 Å². The summed E-state index contributed by atoms with van der Waals surface area (Å²) in [6.07, 6.45) is 1.27. The molecule has 6 heteroatoms. The van der Waals surface area contributed by atoms with Crippen LogP contribution in [0.2, 0.25) is 0 Å². The number of ether oxygens (including phenoxy) is 1. The zero-order valence-corrected chi connectivity index (χ0v) is 11.8. The minimum absolute atomic E-state index is 0.206. The van der Waals surface area contributed by atoms with Crippen molar-refractivity contribution in [2.24, 2.45) is 0 Å². The fourth-order valence-corrected chi connectivity index (χ4v) is 6.71. The smallest absolute Gasteiger partial charge is 0.158 e. The summed E-state index contributed by atoms with van der Waals surface area (Å²) in [4.78, 5) is 0. The standard InChI is InChI=1S/C8H13ClOS4/c9-8(13-2-1-3-14-8)6-10-7-11-4-5-12-7/h7H,1-6H2. The lowest BCUT2D eigenvalue weighted by atomic mass is 10.6. The molecular formula is C8H13ClOS4. The van der Waals surface area contributed by atoms with Crippen LogP contribution in [-0.2, 0) is 4.74 Å². The van der Waals surface area contributed by atoms with Gasteiger partial charge in [0.25, 0.3) is 0 Å². The summed E-state index contributed by atoms with van der Waals surface area (Å²) in [5, 5.41) is 0. The molecule has 2 aliphatic heterocycles. The predicted molar refractivity (Wildman–Crippen MR) is 72.8 cm³/mol. The minimum atomic E-state index is -0.206. The minimum Gasteiger partial charge on any atom is -0.354 e. The molecule has 14 heavy (non-hydrogen) atoms. The molecule has 2 fully saturated rings. The second-order valence-electron chi connectivity index (χ2n) is 3.05. The van der Waals surface area contributed by atoms with Crippen LogP contribution in [0.1, 0.15) is 6.42 Å². The Morgan fingerprint density at radius 2 is 1.79 bits per heavy atom. The van der Waals surface area contributed by atoms with E-state index < -0.39 is 0 Å². The maximum absolute atomic E-state index is 6.44. The van der Waals surface area contributed by atoms with Gasteiger partial charge in [0, 0.05) is 11.5 Å². The second-order valence-corrected chi connectivity index (χ2v) is 9.83. The molecular weight excluding hydrogens is 276 g/mol. The Hall–Kier alpha value is 1.65. The van der Waals surface area contributed by atoms with E-state index >= 15 is 0 Å². The van der Waals surface area contributed by atoms with E-state index in [4.69, 9.17) is 16.3 Å². The van der Waals surface area contributed by atoms with Gasteiger partial charge in [-0.3, -0.25) is 0 Å². The van der Waals surface area contributed by atoms with Crippen LogP contribution in [-0.4, -0.2) is 37.9 Å². The van der Waals surface area contributed by atoms with Gasteiger partial charge in [0.15, 0.2) is 3.54 Å². The molecule has 0 radical (unpaired) electrons. The number of alkyl halides is 1. The molecule has 2 rings (SSSR count). The maximum atomic E-state index is 6.44. The first-order chi connectivity index (χ1) is 6.79. The molecule has 0 spiro atoms. The van der Waals surface area contributed by atoms with Crippen molar-refractivity contribution in [3.8, 4) is 0 Å². The molecule has 1 nitrogen and oxygen atoms in total. The van der Waals surface area contributed by atoms with Crippen molar-refractivity contribution in [1.29, 1.82) is 0 Å². The molecule has 2 aliphatic rings. The third kappa shape index (κ3) is 3.59. The lowest BCUT2D eigenvalue weighted by Gasteiger charge is -2.30. The molecule has 0 aromatic rings. The van der Waals surface area contributed by atoms with Gasteiger partial charge in [-0.15, -0.1) is 47.0 Å². The van der Waals surface area contributed by atoms with Gasteiger partial charge in [0.05, 0.1) is 6.61 Å². The number of hydrogen-bond acceptors (Lipinski definition) is 5. The average Bonchev–Trinajstić information content (AvgIpc) is 2.69. The largest absolute Gasteiger partial charge is 0.354 e. The number of rotatable bonds is 3. The zero-order chi connectivity index (χ0) is 9.86. The molecule has 2 heterocycles. The Kier molecular flexibility index (Phi) is 5.04. The highest BCUT2D eigenvalue weighted by atomic mass is 35.5. The molecule has 0 bridgehead atoms. The normalized spacial score (nSPS) is 28.1. The van der Waals surface area contributed by atoms with Gasteiger partial charge in [-0.05, 0) is 17.9 Å². The highest BCUT2D eigenvalue weighted by Crippen LogP contribution is 2.46. The molecule has 0 unspecified atom stereocenters. The van der Waals surface area contributed by atoms with Gasteiger partial charge in [-0.25, -0.2) is 0 Å². The summed E-state index contributed by atoms with van der Waals surface area (Å²) in [5.74, 6) is 4.77. The average molecular weight is 289 g/mol. The van der Waals surface area contributed by atoms with Crippen molar-refractivity contribution in [2.45, 2.75) is 14.7 Å². The van der Waals surface area contributed by atoms with Crippen molar-refractivity contribution in [3.63, 3.8) is 0 Å². The first-order valence-corrected chi connectivity index (χ1v) is 9.05. The topological polar surface area (TPSA) is 9.23 Å². The predicted octanol–water partition coefficient (Wildman–Crippen LogP) is 3.53. The molecule has 0 aromatic heterocycles. The van der Waals surface area contributed by atoms with Crippen molar-refractivity contribution in [1.82, 2.24) is 0 Å². The van der Waals surface area contributed by atoms with Gasteiger partial charge in [0.2, 0.25) is 0 Å². The molecule has 0 N–H and O–H groups in total. The maximum Gasteiger partial charge on any atom is 0.158 e. The molecule has 2 saturated heterocycles. The molecule has 0 saturated carbocycles. The molecule has 0 atom stereocenters. The second kappa shape index (κ2) is 5.82. The fourth-order valence-electron chi connectivity index (χ4n) is 1.23. The number of hydrogen-bond donors (Lipinski definition) is 0. The van der Waals surface area contributed by atoms with E-state index in [2.05, 4.69) is 0 Å². The van der Waals surface area contributed by atoms with Crippen LogP contribution in [0.4, 0.5) is 0 Å². The van der Waals surface area contributed by atoms with Gasteiger partial charge < -0.3 is 4.74 Å². The summed E-state index contributed by atoms with van der Waals surface area (Å²) < 4.78 is 5.92. The van der Waals surface area contributed by atoms with Gasteiger partial charge >= 0.3 is 0 Å². The van der Waals surface area contributed by atoms with Crippen LogP contribution in [0.25, 0.3) is 0 Å². The third-order valence-electron chi connectivity index (χ3n) is 1.91. The summed E-state index contributed by atoms with van der Waals surface area (Å²) in [6.45, 7) is 0.675. The first-order valence-electron chi connectivity index (χ1n) is 4.60. The van der Waals surface area contributed by atoms with E-state index in [-0.39, 0.29) is 3.54 Å². The Morgan fingerprint density at radius 3 is 2.43 bits per heavy atom. The Labute approximate surface area is 107 Å². The van der Waals surface area contributed by atoms with Crippen molar-refractivity contribution >= 4 is 58.6 Å². The van der Waals surface area contributed by atoms with Crippen LogP contribution in [0, 0.1) is 0 Å². The van der Waals surface area contributed by atoms with Crippen molar-refractivity contribution in [2.75, 3.05) is 29.6 Å². The van der Waals surface area contributed by atoms with Crippen LogP contribution < -0.4 is 0 Å². The van der Waals surface area contributed by atoms with Crippen LogP contribution in [0.5, 0.6) is 0 Å². The van der Waals surface area contributed by atoms with Crippen LogP contribution in [0.15, 0.2) is 0 Å².